The summed E-state index contributed by atoms with van der Waals surface area (Å²) in [6.45, 7) is 6.10. The number of carbonyl (C=O) groups is 1. The molecule has 0 unspecified atom stereocenters. The number of rotatable bonds is 5. The third kappa shape index (κ3) is 4.44. The number of nitrogens with one attached hydrogen (secondary N) is 1. The van der Waals surface area contributed by atoms with Gasteiger partial charge in [-0.25, -0.2) is 0 Å². The van der Waals surface area contributed by atoms with Gasteiger partial charge >= 0.3 is 0 Å². The Labute approximate surface area is 142 Å². The zero-order valence-electron chi connectivity index (χ0n) is 12.1. The third-order valence-electron chi connectivity index (χ3n) is 2.89. The Hall–Kier alpha value is -1.09. The lowest BCUT2D eigenvalue weighted by molar-refractivity contribution is -0.113. The Morgan fingerprint density at radius 2 is 2.24 bits per heavy atom. The van der Waals surface area contributed by atoms with Crippen molar-refractivity contribution < 1.29 is 4.79 Å². The highest BCUT2D eigenvalue weighted by Crippen LogP contribution is 2.21. The summed E-state index contributed by atoms with van der Waals surface area (Å²) >= 11 is 3.65. The fraction of sp³-hybridized carbons (Fsp3) is 0.357. The highest BCUT2D eigenvalue weighted by molar-refractivity contribution is 14.1. The molecule has 0 aliphatic heterocycles. The maximum absolute atomic E-state index is 12.0. The van der Waals surface area contributed by atoms with E-state index in [0.29, 0.717) is 5.75 Å². The molecule has 21 heavy (non-hydrogen) atoms. The van der Waals surface area contributed by atoms with Crippen molar-refractivity contribution in [3.8, 4) is 0 Å². The summed E-state index contributed by atoms with van der Waals surface area (Å²) < 4.78 is 3.11. The second-order valence-corrected chi connectivity index (χ2v) is 7.10. The van der Waals surface area contributed by atoms with E-state index in [1.165, 1.54) is 11.8 Å². The molecule has 0 saturated carbocycles. The first-order valence-electron chi connectivity index (χ1n) is 6.55. The lowest BCUT2D eigenvalue weighted by Crippen LogP contribution is -2.15. The van der Waals surface area contributed by atoms with Crippen molar-refractivity contribution in [2.75, 3.05) is 11.1 Å². The van der Waals surface area contributed by atoms with Crippen LogP contribution in [0.2, 0.25) is 0 Å². The molecule has 1 amide bonds. The van der Waals surface area contributed by atoms with Crippen LogP contribution in [-0.4, -0.2) is 26.4 Å². The van der Waals surface area contributed by atoms with Crippen LogP contribution in [0.25, 0.3) is 0 Å². The van der Waals surface area contributed by atoms with E-state index in [-0.39, 0.29) is 11.9 Å². The Morgan fingerprint density at radius 1 is 1.48 bits per heavy atom. The number of halogens is 1. The molecule has 1 aromatic heterocycles. The van der Waals surface area contributed by atoms with Crippen LogP contribution in [0.15, 0.2) is 29.7 Å². The van der Waals surface area contributed by atoms with Gasteiger partial charge in [-0.3, -0.25) is 4.79 Å². The SMILES string of the molecule is Cc1cc(I)ccc1NC(=O)CSc1nncn1C(C)C. The van der Waals surface area contributed by atoms with Gasteiger partial charge in [-0.1, -0.05) is 11.8 Å². The van der Waals surface area contributed by atoms with Crippen LogP contribution in [0.5, 0.6) is 0 Å². The quantitative estimate of drug-likeness (QED) is 0.599. The molecule has 0 fully saturated rings. The van der Waals surface area contributed by atoms with Crippen molar-refractivity contribution in [3.05, 3.63) is 33.7 Å². The number of aryl methyl sites for hydroxylation is 1. The number of anilines is 1. The van der Waals surface area contributed by atoms with Crippen LogP contribution in [0.1, 0.15) is 25.5 Å². The number of nitrogens with zero attached hydrogens (tertiary/aromatic N) is 3. The number of hydrogen-bond donors (Lipinski definition) is 1. The highest BCUT2D eigenvalue weighted by Gasteiger charge is 2.11. The molecule has 1 heterocycles. The molecule has 0 aliphatic rings. The van der Waals surface area contributed by atoms with E-state index in [9.17, 15) is 4.79 Å². The van der Waals surface area contributed by atoms with E-state index in [4.69, 9.17) is 0 Å². The molecule has 1 N–H and O–H groups in total. The molecule has 0 atom stereocenters. The standard InChI is InChI=1S/C14H17IN4OS/c1-9(2)19-8-16-18-14(19)21-7-13(20)17-12-5-4-11(15)6-10(12)3/h4-6,8-9H,7H2,1-3H3,(H,17,20). The van der Waals surface area contributed by atoms with Gasteiger partial charge in [-0.15, -0.1) is 10.2 Å². The van der Waals surface area contributed by atoms with E-state index >= 15 is 0 Å². The molecule has 112 valence electrons. The van der Waals surface area contributed by atoms with E-state index in [1.807, 2.05) is 29.7 Å². The van der Waals surface area contributed by atoms with Gasteiger partial charge in [0.15, 0.2) is 5.16 Å². The molecule has 2 aromatic rings. The molecular formula is C14H17IN4OS. The first-order chi connectivity index (χ1) is 9.97. The van der Waals surface area contributed by atoms with Gasteiger partial charge in [0.2, 0.25) is 5.91 Å². The van der Waals surface area contributed by atoms with Gasteiger partial charge in [0, 0.05) is 15.3 Å². The lowest BCUT2D eigenvalue weighted by Gasteiger charge is -2.10. The second-order valence-electron chi connectivity index (χ2n) is 4.91. The minimum absolute atomic E-state index is 0.0392. The summed E-state index contributed by atoms with van der Waals surface area (Å²) in [4.78, 5) is 12.0. The minimum Gasteiger partial charge on any atom is -0.325 e. The Bertz CT molecular complexity index is 642. The summed E-state index contributed by atoms with van der Waals surface area (Å²) in [7, 11) is 0. The lowest BCUT2D eigenvalue weighted by atomic mass is 10.2. The topological polar surface area (TPSA) is 59.8 Å². The summed E-state index contributed by atoms with van der Waals surface area (Å²) in [5.74, 6) is 0.277. The van der Waals surface area contributed by atoms with Crippen LogP contribution < -0.4 is 5.32 Å². The Morgan fingerprint density at radius 3 is 2.90 bits per heavy atom. The molecule has 0 saturated heterocycles. The second kappa shape index (κ2) is 7.26. The maximum Gasteiger partial charge on any atom is 0.234 e. The number of carbonyl (C=O) groups excluding carboxylic acids is 1. The van der Waals surface area contributed by atoms with Gasteiger partial charge in [-0.2, -0.15) is 0 Å². The smallest absolute Gasteiger partial charge is 0.234 e. The largest absolute Gasteiger partial charge is 0.325 e. The van der Waals surface area contributed by atoms with E-state index in [0.717, 1.165) is 20.0 Å². The molecule has 5 nitrogen and oxygen atoms in total. The van der Waals surface area contributed by atoms with Crippen molar-refractivity contribution in [2.45, 2.75) is 32.0 Å². The first-order valence-corrected chi connectivity index (χ1v) is 8.62. The average molecular weight is 416 g/mol. The van der Waals surface area contributed by atoms with Crippen LogP contribution in [-0.2, 0) is 4.79 Å². The normalized spacial score (nSPS) is 10.9. The highest BCUT2D eigenvalue weighted by atomic mass is 127. The van der Waals surface area contributed by atoms with E-state index < -0.39 is 0 Å². The number of thioether (sulfide) groups is 1. The average Bonchev–Trinajstić information content (AvgIpc) is 2.88. The summed E-state index contributed by atoms with van der Waals surface area (Å²) in [6, 6.07) is 6.23. The molecular weight excluding hydrogens is 399 g/mol. The third-order valence-corrected chi connectivity index (χ3v) is 4.52. The number of amides is 1. The fourth-order valence-corrected chi connectivity index (χ4v) is 3.26. The van der Waals surface area contributed by atoms with Crippen molar-refractivity contribution in [3.63, 3.8) is 0 Å². The van der Waals surface area contributed by atoms with Gasteiger partial charge in [0.1, 0.15) is 6.33 Å². The maximum atomic E-state index is 12.0. The molecule has 0 spiro atoms. The monoisotopic (exact) mass is 416 g/mol. The van der Waals surface area contributed by atoms with Gasteiger partial charge in [-0.05, 0) is 67.1 Å². The van der Waals surface area contributed by atoms with Crippen LogP contribution in [0.3, 0.4) is 0 Å². The zero-order valence-corrected chi connectivity index (χ0v) is 15.1. The van der Waals surface area contributed by atoms with Gasteiger partial charge in [0.25, 0.3) is 0 Å². The number of benzene rings is 1. The molecule has 0 aliphatic carbocycles. The molecule has 0 radical (unpaired) electrons. The predicted molar refractivity (Wildman–Crippen MR) is 93.7 cm³/mol. The summed E-state index contributed by atoms with van der Waals surface area (Å²) in [5, 5.41) is 11.6. The van der Waals surface area contributed by atoms with Crippen molar-refractivity contribution >= 4 is 45.9 Å². The van der Waals surface area contributed by atoms with Crippen molar-refractivity contribution in [2.24, 2.45) is 0 Å². The molecule has 2 rings (SSSR count). The fourth-order valence-electron chi connectivity index (χ4n) is 1.77. The van der Waals surface area contributed by atoms with Crippen molar-refractivity contribution in [1.82, 2.24) is 14.8 Å². The van der Waals surface area contributed by atoms with E-state index in [2.05, 4.69) is 52.0 Å². The van der Waals surface area contributed by atoms with Gasteiger partial charge < -0.3 is 9.88 Å². The van der Waals surface area contributed by atoms with Crippen LogP contribution >= 0.6 is 34.4 Å². The molecule has 7 heteroatoms. The minimum atomic E-state index is -0.0392. The summed E-state index contributed by atoms with van der Waals surface area (Å²) in [6.07, 6.45) is 1.69. The predicted octanol–water partition coefficient (Wildman–Crippen LogP) is 3.50. The van der Waals surface area contributed by atoms with Crippen molar-refractivity contribution in [1.29, 1.82) is 0 Å². The number of aromatic nitrogens is 3. The summed E-state index contributed by atoms with van der Waals surface area (Å²) in [5.41, 5.74) is 1.91. The number of hydrogen-bond acceptors (Lipinski definition) is 4. The van der Waals surface area contributed by atoms with Crippen LogP contribution in [0.4, 0.5) is 5.69 Å². The van der Waals surface area contributed by atoms with Crippen LogP contribution in [0, 0.1) is 10.5 Å². The molecule has 0 bridgehead atoms. The Balaban J connectivity index is 1.94. The van der Waals surface area contributed by atoms with E-state index in [1.54, 1.807) is 6.33 Å². The first kappa shape index (κ1) is 16.3. The molecule has 1 aromatic carbocycles. The zero-order chi connectivity index (χ0) is 15.4. The van der Waals surface area contributed by atoms with Gasteiger partial charge in [0.05, 0.1) is 5.75 Å². The Kier molecular flexibility index (Phi) is 5.63.